The normalized spacial score (nSPS) is 11.1. The van der Waals surface area contributed by atoms with Gasteiger partial charge in [-0.2, -0.15) is 0 Å². The van der Waals surface area contributed by atoms with E-state index >= 15 is 0 Å². The van der Waals surface area contributed by atoms with Gasteiger partial charge >= 0.3 is 5.69 Å². The van der Waals surface area contributed by atoms with Crippen LogP contribution in [0.1, 0.15) is 0 Å². The lowest BCUT2D eigenvalue weighted by atomic mass is 10.3. The van der Waals surface area contributed by atoms with E-state index in [-0.39, 0.29) is 5.69 Å². The summed E-state index contributed by atoms with van der Waals surface area (Å²) in [5.74, 6) is 0.418. The molecule has 5 heteroatoms. The van der Waals surface area contributed by atoms with Crippen LogP contribution < -0.4 is 5.69 Å². The van der Waals surface area contributed by atoms with Crippen LogP contribution in [0, 0.1) is 0 Å². The second-order valence-electron chi connectivity index (χ2n) is 3.32. The van der Waals surface area contributed by atoms with Crippen molar-refractivity contribution in [3.8, 4) is 0 Å². The first kappa shape index (κ1) is 10.6. The number of imidazole rings is 1. The lowest BCUT2D eigenvalue weighted by Crippen LogP contribution is -2.22. The molecule has 0 amide bonds. The van der Waals surface area contributed by atoms with Gasteiger partial charge < -0.3 is 0 Å². The minimum absolute atomic E-state index is 0.0621. The summed E-state index contributed by atoms with van der Waals surface area (Å²) in [5, 5.41) is 0.626. The number of hydrogen-bond donors (Lipinski definition) is 0. The minimum atomic E-state index is -0.0621. The lowest BCUT2D eigenvalue weighted by molar-refractivity contribution is 0.716. The Bertz CT molecular complexity index is 556. The van der Waals surface area contributed by atoms with Crippen LogP contribution in [0.5, 0.6) is 0 Å². The van der Waals surface area contributed by atoms with Crippen molar-refractivity contribution in [2.24, 2.45) is 7.05 Å². The van der Waals surface area contributed by atoms with Crippen molar-refractivity contribution in [3.05, 3.63) is 33.7 Å². The highest BCUT2D eigenvalue weighted by Crippen LogP contribution is 2.17. The Morgan fingerprint density at radius 2 is 2.07 bits per heavy atom. The van der Waals surface area contributed by atoms with E-state index in [2.05, 4.69) is 0 Å². The summed E-state index contributed by atoms with van der Waals surface area (Å²) in [4.78, 5) is 11.8. The largest absolute Gasteiger partial charge is 0.328 e. The third-order valence-corrected chi connectivity index (χ3v) is 2.82. The van der Waals surface area contributed by atoms with Gasteiger partial charge in [0.05, 0.1) is 11.0 Å². The maximum absolute atomic E-state index is 11.8. The van der Waals surface area contributed by atoms with Crippen molar-refractivity contribution in [1.29, 1.82) is 0 Å². The third-order valence-electron chi connectivity index (χ3n) is 2.42. The molecule has 0 unspecified atom stereocenters. The van der Waals surface area contributed by atoms with Crippen LogP contribution in [0.3, 0.4) is 0 Å². The fourth-order valence-corrected chi connectivity index (χ4v) is 2.02. The van der Waals surface area contributed by atoms with Crippen molar-refractivity contribution in [2.45, 2.75) is 6.54 Å². The summed E-state index contributed by atoms with van der Waals surface area (Å²) in [7, 11) is 1.73. The van der Waals surface area contributed by atoms with Crippen LogP contribution in [-0.2, 0) is 13.6 Å². The van der Waals surface area contributed by atoms with Crippen molar-refractivity contribution in [2.75, 3.05) is 5.88 Å². The van der Waals surface area contributed by atoms with Gasteiger partial charge in [0.25, 0.3) is 0 Å². The van der Waals surface area contributed by atoms with Crippen LogP contribution >= 0.6 is 23.2 Å². The lowest BCUT2D eigenvalue weighted by Gasteiger charge is -1.98. The summed E-state index contributed by atoms with van der Waals surface area (Å²) in [6, 6.07) is 5.39. The first-order valence-corrected chi connectivity index (χ1v) is 5.47. The number of alkyl halides is 1. The van der Waals surface area contributed by atoms with Crippen molar-refractivity contribution in [3.63, 3.8) is 0 Å². The number of hydrogen-bond acceptors (Lipinski definition) is 1. The molecule has 3 nitrogen and oxygen atoms in total. The summed E-state index contributed by atoms with van der Waals surface area (Å²) in [6.07, 6.45) is 0. The van der Waals surface area contributed by atoms with Gasteiger partial charge in [-0.05, 0) is 18.2 Å². The van der Waals surface area contributed by atoms with Crippen LogP contribution in [0.25, 0.3) is 11.0 Å². The molecule has 0 bridgehead atoms. The zero-order chi connectivity index (χ0) is 11.0. The topological polar surface area (TPSA) is 26.9 Å². The predicted molar refractivity (Wildman–Crippen MR) is 62.9 cm³/mol. The molecular formula is C10H10Cl2N2O. The van der Waals surface area contributed by atoms with E-state index in [1.807, 2.05) is 6.07 Å². The molecule has 0 N–H and O–H groups in total. The number of rotatable bonds is 2. The predicted octanol–water partition coefficient (Wildman–Crippen LogP) is 2.23. The van der Waals surface area contributed by atoms with E-state index < -0.39 is 0 Å². The van der Waals surface area contributed by atoms with Crippen LogP contribution in [0.4, 0.5) is 0 Å². The highest BCUT2D eigenvalue weighted by Gasteiger charge is 2.09. The van der Waals surface area contributed by atoms with Crippen molar-refractivity contribution in [1.82, 2.24) is 9.13 Å². The van der Waals surface area contributed by atoms with Crippen LogP contribution in [-0.4, -0.2) is 15.0 Å². The maximum Gasteiger partial charge on any atom is 0.328 e. The van der Waals surface area contributed by atoms with Crippen molar-refractivity contribution >= 4 is 34.2 Å². The Labute approximate surface area is 96.8 Å². The monoisotopic (exact) mass is 244 g/mol. The quantitative estimate of drug-likeness (QED) is 0.745. The second kappa shape index (κ2) is 3.91. The van der Waals surface area contributed by atoms with E-state index in [0.717, 1.165) is 11.0 Å². The summed E-state index contributed by atoms with van der Waals surface area (Å²) in [6.45, 7) is 0.513. The average molecular weight is 245 g/mol. The second-order valence-corrected chi connectivity index (χ2v) is 4.13. The van der Waals surface area contributed by atoms with Gasteiger partial charge in [-0.1, -0.05) is 11.6 Å². The molecule has 0 aliphatic heterocycles. The summed E-state index contributed by atoms with van der Waals surface area (Å²) < 4.78 is 3.23. The Hall–Kier alpha value is -0.930. The molecule has 0 aliphatic carbocycles. The molecular weight excluding hydrogens is 235 g/mol. The molecule has 80 valence electrons. The molecule has 2 rings (SSSR count). The van der Waals surface area contributed by atoms with E-state index in [1.54, 1.807) is 28.3 Å². The Morgan fingerprint density at radius 3 is 2.73 bits per heavy atom. The van der Waals surface area contributed by atoms with Gasteiger partial charge in [-0.25, -0.2) is 4.79 Å². The number of aryl methyl sites for hydroxylation is 2. The number of fused-ring (bicyclic) bond motifs is 1. The standard InChI is InChI=1S/C10H10Cl2N2O/c1-13-9-6-7(12)2-3-8(9)14(5-4-11)10(13)15/h2-3,6H,4-5H2,1H3. The van der Waals surface area contributed by atoms with Crippen LogP contribution in [0.2, 0.25) is 5.02 Å². The molecule has 2 aromatic rings. The number of benzene rings is 1. The molecule has 0 fully saturated rings. The molecule has 0 atom stereocenters. The first-order valence-electron chi connectivity index (χ1n) is 4.56. The minimum Gasteiger partial charge on any atom is -0.295 e. The van der Waals surface area contributed by atoms with Crippen LogP contribution in [0.15, 0.2) is 23.0 Å². The Morgan fingerprint density at radius 1 is 1.33 bits per heavy atom. The zero-order valence-electron chi connectivity index (χ0n) is 8.20. The third kappa shape index (κ3) is 1.66. The maximum atomic E-state index is 11.8. The van der Waals surface area contributed by atoms with E-state index in [1.165, 1.54) is 0 Å². The first-order chi connectivity index (χ1) is 7.15. The summed E-state index contributed by atoms with van der Waals surface area (Å²) >= 11 is 11.5. The average Bonchev–Trinajstić information content (AvgIpc) is 2.44. The Balaban J connectivity index is 2.81. The van der Waals surface area contributed by atoms with E-state index in [0.29, 0.717) is 17.4 Å². The highest BCUT2D eigenvalue weighted by molar-refractivity contribution is 6.31. The van der Waals surface area contributed by atoms with Gasteiger partial charge in [0, 0.05) is 24.5 Å². The van der Waals surface area contributed by atoms with Gasteiger partial charge in [-0.15, -0.1) is 11.6 Å². The molecule has 0 saturated heterocycles. The number of aromatic nitrogens is 2. The van der Waals surface area contributed by atoms with Gasteiger partial charge in [-0.3, -0.25) is 9.13 Å². The SMILES string of the molecule is Cn1c(=O)n(CCCl)c2ccc(Cl)cc21. The van der Waals surface area contributed by atoms with E-state index in [9.17, 15) is 4.79 Å². The molecule has 1 heterocycles. The molecule has 1 aromatic heterocycles. The summed E-state index contributed by atoms with van der Waals surface area (Å²) in [5.41, 5.74) is 1.64. The van der Waals surface area contributed by atoms with Gasteiger partial charge in [0.15, 0.2) is 0 Å². The molecule has 0 radical (unpaired) electrons. The van der Waals surface area contributed by atoms with E-state index in [4.69, 9.17) is 23.2 Å². The molecule has 0 spiro atoms. The zero-order valence-corrected chi connectivity index (χ0v) is 9.72. The fourth-order valence-electron chi connectivity index (χ4n) is 1.68. The fraction of sp³-hybridized carbons (Fsp3) is 0.300. The molecule has 0 saturated carbocycles. The van der Waals surface area contributed by atoms with Crippen molar-refractivity contribution < 1.29 is 0 Å². The smallest absolute Gasteiger partial charge is 0.295 e. The Kier molecular flexibility index (Phi) is 2.76. The molecule has 15 heavy (non-hydrogen) atoms. The number of halogens is 2. The number of nitrogens with zero attached hydrogens (tertiary/aromatic N) is 2. The molecule has 0 aliphatic rings. The molecule has 1 aromatic carbocycles. The van der Waals surface area contributed by atoms with Gasteiger partial charge in [0.2, 0.25) is 0 Å². The van der Waals surface area contributed by atoms with Gasteiger partial charge in [0.1, 0.15) is 0 Å². The highest BCUT2D eigenvalue weighted by atomic mass is 35.5.